The van der Waals surface area contributed by atoms with Gasteiger partial charge in [0.05, 0.1) is 5.69 Å². The van der Waals surface area contributed by atoms with Gasteiger partial charge in [-0.3, -0.25) is 0 Å². The van der Waals surface area contributed by atoms with Crippen molar-refractivity contribution in [2.45, 2.75) is 19.3 Å². The average molecular weight is 685 g/mol. The molecule has 6 aromatic carbocycles. The quantitative estimate of drug-likeness (QED) is 0.181. The second-order valence-corrected chi connectivity index (χ2v) is 14.9. The molecule has 1 aliphatic carbocycles. The minimum atomic E-state index is -0.143. The molecule has 246 valence electrons. The smallest absolute Gasteiger partial charge is 0.164 e. The Kier molecular flexibility index (Phi) is 6.98. The van der Waals surface area contributed by atoms with E-state index in [9.17, 15) is 0 Å². The Morgan fingerprint density at radius 3 is 1.54 bits per heavy atom. The van der Waals surface area contributed by atoms with Gasteiger partial charge in [-0.05, 0) is 33.9 Å². The van der Waals surface area contributed by atoms with Crippen LogP contribution >= 0.6 is 11.3 Å². The van der Waals surface area contributed by atoms with Gasteiger partial charge >= 0.3 is 0 Å². The van der Waals surface area contributed by atoms with E-state index in [1.165, 1.54) is 37.7 Å². The van der Waals surface area contributed by atoms with E-state index in [2.05, 4.69) is 111 Å². The molecule has 0 N–H and O–H groups in total. The minimum Gasteiger partial charge on any atom is -0.236 e. The highest BCUT2D eigenvalue weighted by Gasteiger charge is 2.40. The summed E-state index contributed by atoms with van der Waals surface area (Å²) >= 11 is 1.79. The van der Waals surface area contributed by atoms with Crippen LogP contribution < -0.4 is 0 Å². The van der Waals surface area contributed by atoms with Crippen LogP contribution in [0, 0.1) is 0 Å². The number of hydrogen-bond donors (Lipinski definition) is 0. The monoisotopic (exact) mass is 684 g/mol. The summed E-state index contributed by atoms with van der Waals surface area (Å²) in [4.78, 5) is 21.2. The summed E-state index contributed by atoms with van der Waals surface area (Å²) in [5, 5.41) is 2.59. The van der Waals surface area contributed by atoms with Crippen molar-refractivity contribution < 1.29 is 0 Å². The SMILES string of the molecule is CC1(C)c2ccccc2-c2c(-c3ccc(-c4ccc(-c5nc(-c6ccccc6)nc(-c6ccccc6)n5)cc4)cc3)nc3sc4ccccc4c3c21. The fourth-order valence-electron chi connectivity index (χ4n) is 7.80. The predicted octanol–water partition coefficient (Wildman–Crippen LogP) is 12.3. The maximum atomic E-state index is 5.42. The molecule has 0 spiro atoms. The molecule has 0 aliphatic heterocycles. The van der Waals surface area contributed by atoms with E-state index in [-0.39, 0.29) is 5.41 Å². The summed E-state index contributed by atoms with van der Waals surface area (Å²) in [7, 11) is 0. The first kappa shape index (κ1) is 30.5. The van der Waals surface area contributed by atoms with E-state index in [0.29, 0.717) is 17.5 Å². The summed E-state index contributed by atoms with van der Waals surface area (Å²) in [6.07, 6.45) is 0. The number of rotatable bonds is 5. The third-order valence-corrected chi connectivity index (χ3v) is 11.4. The molecule has 0 amide bonds. The van der Waals surface area contributed by atoms with E-state index in [1.807, 2.05) is 60.7 Å². The summed E-state index contributed by atoms with van der Waals surface area (Å²) in [5.74, 6) is 1.96. The van der Waals surface area contributed by atoms with Crippen molar-refractivity contribution in [2.24, 2.45) is 0 Å². The third-order valence-electron chi connectivity index (χ3n) is 10.4. The average Bonchev–Trinajstić information content (AvgIpc) is 3.70. The zero-order valence-corrected chi connectivity index (χ0v) is 29.5. The Morgan fingerprint density at radius 2 is 0.923 bits per heavy atom. The van der Waals surface area contributed by atoms with Gasteiger partial charge in [-0.25, -0.2) is 19.9 Å². The molecular formula is C47H32N4S. The van der Waals surface area contributed by atoms with E-state index in [4.69, 9.17) is 19.9 Å². The Balaban J connectivity index is 1.04. The van der Waals surface area contributed by atoms with Crippen LogP contribution in [-0.4, -0.2) is 19.9 Å². The lowest BCUT2D eigenvalue weighted by molar-refractivity contribution is 0.666. The van der Waals surface area contributed by atoms with Gasteiger partial charge in [0.25, 0.3) is 0 Å². The molecule has 3 heterocycles. The fraction of sp³-hybridized carbons (Fsp3) is 0.0638. The van der Waals surface area contributed by atoms with Crippen LogP contribution in [0.2, 0.25) is 0 Å². The zero-order valence-electron chi connectivity index (χ0n) is 28.7. The Labute approximate surface area is 306 Å². The van der Waals surface area contributed by atoms with E-state index >= 15 is 0 Å². The summed E-state index contributed by atoms with van der Waals surface area (Å²) in [6.45, 7) is 4.73. The van der Waals surface area contributed by atoms with Crippen molar-refractivity contribution in [3.8, 4) is 67.7 Å². The van der Waals surface area contributed by atoms with Gasteiger partial charge in [-0.2, -0.15) is 0 Å². The Hall–Kier alpha value is -6.30. The fourth-order valence-corrected chi connectivity index (χ4v) is 8.89. The van der Waals surface area contributed by atoms with E-state index in [0.717, 1.165) is 43.9 Å². The lowest BCUT2D eigenvalue weighted by Gasteiger charge is -2.23. The molecular weight excluding hydrogens is 653 g/mol. The molecule has 0 atom stereocenters. The van der Waals surface area contributed by atoms with Gasteiger partial charge in [-0.1, -0.05) is 166 Å². The van der Waals surface area contributed by atoms with E-state index in [1.54, 1.807) is 11.3 Å². The molecule has 52 heavy (non-hydrogen) atoms. The van der Waals surface area contributed by atoms with Gasteiger partial charge < -0.3 is 0 Å². The molecule has 0 fully saturated rings. The lowest BCUT2D eigenvalue weighted by Crippen LogP contribution is -2.15. The lowest BCUT2D eigenvalue weighted by atomic mass is 9.80. The molecule has 0 saturated carbocycles. The maximum absolute atomic E-state index is 5.42. The first-order valence-electron chi connectivity index (χ1n) is 17.6. The topological polar surface area (TPSA) is 51.6 Å². The number of nitrogens with zero attached hydrogens (tertiary/aromatic N) is 4. The molecule has 0 radical (unpaired) electrons. The van der Waals surface area contributed by atoms with Crippen LogP contribution in [0.4, 0.5) is 0 Å². The molecule has 5 heteroatoms. The number of benzene rings is 6. The number of hydrogen-bond acceptors (Lipinski definition) is 5. The van der Waals surface area contributed by atoms with Crippen LogP contribution in [0.15, 0.2) is 158 Å². The van der Waals surface area contributed by atoms with Crippen LogP contribution in [0.1, 0.15) is 25.0 Å². The number of fused-ring (bicyclic) bond motifs is 7. The van der Waals surface area contributed by atoms with Crippen LogP contribution in [0.5, 0.6) is 0 Å². The second-order valence-electron chi connectivity index (χ2n) is 13.9. The van der Waals surface area contributed by atoms with Gasteiger partial charge in [-0.15, -0.1) is 11.3 Å². The summed E-state index contributed by atoms with van der Waals surface area (Å²) in [5.41, 5.74) is 12.4. The number of thiophene rings is 1. The molecule has 4 nitrogen and oxygen atoms in total. The first-order chi connectivity index (χ1) is 25.5. The largest absolute Gasteiger partial charge is 0.236 e. The van der Waals surface area contributed by atoms with Crippen molar-refractivity contribution in [1.82, 2.24) is 19.9 Å². The third kappa shape index (κ3) is 4.89. The van der Waals surface area contributed by atoms with Gasteiger partial charge in [0.15, 0.2) is 17.5 Å². The normalized spacial score (nSPS) is 13.0. The first-order valence-corrected chi connectivity index (χ1v) is 18.4. The predicted molar refractivity (Wildman–Crippen MR) is 215 cm³/mol. The zero-order chi connectivity index (χ0) is 34.8. The second kappa shape index (κ2) is 11.9. The van der Waals surface area contributed by atoms with Crippen molar-refractivity contribution in [3.05, 3.63) is 169 Å². The summed E-state index contributed by atoms with van der Waals surface area (Å²) < 4.78 is 1.28. The molecule has 10 rings (SSSR count). The summed E-state index contributed by atoms with van der Waals surface area (Å²) in [6, 6.07) is 55.1. The highest BCUT2D eigenvalue weighted by Crippen LogP contribution is 2.56. The van der Waals surface area contributed by atoms with Crippen LogP contribution in [-0.2, 0) is 5.41 Å². The highest BCUT2D eigenvalue weighted by atomic mass is 32.1. The molecule has 0 saturated heterocycles. The van der Waals surface area contributed by atoms with Crippen LogP contribution in [0.3, 0.4) is 0 Å². The van der Waals surface area contributed by atoms with Crippen molar-refractivity contribution >= 4 is 31.6 Å². The Bertz CT molecular complexity index is 2730. The highest BCUT2D eigenvalue weighted by molar-refractivity contribution is 7.25. The number of pyridine rings is 1. The van der Waals surface area contributed by atoms with Gasteiger partial charge in [0.2, 0.25) is 0 Å². The standard InChI is InChI=1S/C47H32N4S/c1-47(2)37-19-11-9-17-35(37)39-41(47)40-36-18-10-12-20-38(36)52-46(40)48-42(39)31-25-21-29(22-26-31)30-23-27-34(28-24-30)45-50-43(32-13-5-3-6-14-32)49-44(51-45)33-15-7-4-8-16-33/h3-28H,1-2H3. The van der Waals surface area contributed by atoms with Crippen LogP contribution in [0.25, 0.3) is 88.0 Å². The van der Waals surface area contributed by atoms with Crippen molar-refractivity contribution in [1.29, 1.82) is 0 Å². The number of aromatic nitrogens is 4. The van der Waals surface area contributed by atoms with Gasteiger partial charge in [0.1, 0.15) is 4.83 Å². The van der Waals surface area contributed by atoms with Crippen molar-refractivity contribution in [2.75, 3.05) is 0 Å². The van der Waals surface area contributed by atoms with Gasteiger partial charge in [0, 0.05) is 48.7 Å². The molecule has 0 bridgehead atoms. The molecule has 0 unspecified atom stereocenters. The van der Waals surface area contributed by atoms with Crippen molar-refractivity contribution in [3.63, 3.8) is 0 Å². The molecule has 3 aromatic heterocycles. The Morgan fingerprint density at radius 1 is 0.442 bits per heavy atom. The minimum absolute atomic E-state index is 0.143. The molecule has 1 aliphatic rings. The molecule has 9 aromatic rings. The maximum Gasteiger partial charge on any atom is 0.164 e. The van der Waals surface area contributed by atoms with E-state index < -0.39 is 0 Å².